The van der Waals surface area contributed by atoms with Gasteiger partial charge in [-0.1, -0.05) is 17.3 Å². The second-order valence-corrected chi connectivity index (χ2v) is 2.70. The minimum atomic E-state index is -0.523. The molecule has 1 rings (SSSR count). The van der Waals surface area contributed by atoms with E-state index in [1.807, 2.05) is 0 Å². The molecule has 3 N–H and O–H groups in total. The number of benzene rings is 1. The van der Waals surface area contributed by atoms with Gasteiger partial charge in [-0.2, -0.15) is 0 Å². The van der Waals surface area contributed by atoms with E-state index in [1.165, 1.54) is 13.2 Å². The molecule has 76 valence electrons. The van der Waals surface area contributed by atoms with Crippen LogP contribution in [0, 0.1) is 5.82 Å². The molecule has 0 amide bonds. The Kier molecular flexibility index (Phi) is 3.41. The Morgan fingerprint density at radius 3 is 2.93 bits per heavy atom. The summed E-state index contributed by atoms with van der Waals surface area (Å²) in [5.41, 5.74) is 5.72. The van der Waals surface area contributed by atoms with Crippen molar-refractivity contribution in [3.8, 4) is 0 Å². The number of nitrogens with two attached hydrogens (primary N) is 1. The zero-order valence-electron chi connectivity index (χ0n) is 7.70. The molecule has 0 saturated heterocycles. The number of nitrogens with zero attached hydrogens (tertiary/aromatic N) is 1. The van der Waals surface area contributed by atoms with Crippen molar-refractivity contribution in [2.24, 2.45) is 10.9 Å². The van der Waals surface area contributed by atoms with Gasteiger partial charge in [0, 0.05) is 12.7 Å². The Morgan fingerprint density at radius 2 is 2.36 bits per heavy atom. The second-order valence-electron chi connectivity index (χ2n) is 2.70. The predicted octanol–water partition coefficient (Wildman–Crippen LogP) is 1.07. The molecule has 0 aromatic heterocycles. The lowest BCUT2D eigenvalue weighted by atomic mass is 10.1. The second kappa shape index (κ2) is 4.57. The Morgan fingerprint density at radius 1 is 1.64 bits per heavy atom. The third kappa shape index (κ3) is 2.00. The summed E-state index contributed by atoms with van der Waals surface area (Å²) in [5, 5.41) is 11.1. The molecule has 0 atom stereocenters. The van der Waals surface area contributed by atoms with E-state index in [0.29, 0.717) is 5.56 Å². The lowest BCUT2D eigenvalue weighted by Crippen LogP contribution is -2.16. The third-order valence-corrected chi connectivity index (χ3v) is 1.76. The Bertz CT molecular complexity index is 353. The molecule has 4 nitrogen and oxygen atoms in total. The van der Waals surface area contributed by atoms with Gasteiger partial charge in [-0.05, 0) is 6.07 Å². The highest BCUT2D eigenvalue weighted by Crippen LogP contribution is 2.13. The van der Waals surface area contributed by atoms with Crippen molar-refractivity contribution in [1.29, 1.82) is 0 Å². The normalized spacial score (nSPS) is 11.7. The van der Waals surface area contributed by atoms with Gasteiger partial charge < -0.3 is 15.7 Å². The fourth-order valence-corrected chi connectivity index (χ4v) is 1.10. The number of rotatable bonds is 3. The van der Waals surface area contributed by atoms with Crippen LogP contribution in [0.2, 0.25) is 0 Å². The van der Waals surface area contributed by atoms with E-state index in [0.717, 1.165) is 0 Å². The van der Waals surface area contributed by atoms with Crippen molar-refractivity contribution >= 4 is 5.84 Å². The van der Waals surface area contributed by atoms with E-state index in [4.69, 9.17) is 15.7 Å². The van der Waals surface area contributed by atoms with Crippen molar-refractivity contribution in [3.63, 3.8) is 0 Å². The molecule has 0 radical (unpaired) electrons. The number of oxime groups is 1. The summed E-state index contributed by atoms with van der Waals surface area (Å²) in [5.74, 6) is -0.773. The van der Waals surface area contributed by atoms with Crippen LogP contribution < -0.4 is 5.73 Å². The van der Waals surface area contributed by atoms with E-state index in [-0.39, 0.29) is 18.0 Å². The summed E-state index contributed by atoms with van der Waals surface area (Å²) in [6.45, 7) is 0.151. The number of halogens is 1. The van der Waals surface area contributed by atoms with Gasteiger partial charge in [-0.3, -0.25) is 0 Å². The van der Waals surface area contributed by atoms with Crippen molar-refractivity contribution in [3.05, 3.63) is 35.1 Å². The first-order valence-electron chi connectivity index (χ1n) is 3.95. The van der Waals surface area contributed by atoms with Crippen LogP contribution in [-0.2, 0) is 11.3 Å². The molecule has 0 aliphatic heterocycles. The SMILES string of the molecule is COCc1cccc(/C(N)=N/O)c1F. The molecule has 5 heteroatoms. The Labute approximate surface area is 80.8 Å². The smallest absolute Gasteiger partial charge is 0.173 e. The molecule has 0 fully saturated rings. The number of hydrogen-bond acceptors (Lipinski definition) is 3. The van der Waals surface area contributed by atoms with Crippen LogP contribution in [-0.4, -0.2) is 18.2 Å². The Hall–Kier alpha value is -1.62. The van der Waals surface area contributed by atoms with Gasteiger partial charge in [0.15, 0.2) is 5.84 Å². The molecule has 0 unspecified atom stereocenters. The number of methoxy groups -OCH3 is 1. The van der Waals surface area contributed by atoms with Crippen molar-refractivity contribution < 1.29 is 14.3 Å². The van der Waals surface area contributed by atoms with Crippen LogP contribution in [0.5, 0.6) is 0 Å². The van der Waals surface area contributed by atoms with Crippen LogP contribution in [0.15, 0.2) is 23.4 Å². The van der Waals surface area contributed by atoms with Crippen molar-refractivity contribution in [2.75, 3.05) is 7.11 Å². The first kappa shape index (κ1) is 10.5. The topological polar surface area (TPSA) is 67.8 Å². The maximum absolute atomic E-state index is 13.5. The van der Waals surface area contributed by atoms with E-state index in [1.54, 1.807) is 12.1 Å². The maximum Gasteiger partial charge on any atom is 0.173 e. The molecule has 0 saturated carbocycles. The standard InChI is InChI=1S/C9H11FN2O2/c1-14-5-6-3-2-4-7(8(6)10)9(11)12-13/h2-4,13H,5H2,1H3,(H2,11,12). The fraction of sp³-hybridized carbons (Fsp3) is 0.222. The highest BCUT2D eigenvalue weighted by molar-refractivity contribution is 5.97. The largest absolute Gasteiger partial charge is 0.409 e. The molecule has 0 aliphatic carbocycles. The summed E-state index contributed by atoms with van der Waals surface area (Å²) in [6.07, 6.45) is 0. The summed E-state index contributed by atoms with van der Waals surface area (Å²) in [4.78, 5) is 0. The van der Waals surface area contributed by atoms with E-state index in [9.17, 15) is 4.39 Å². The van der Waals surface area contributed by atoms with Crippen LogP contribution in [0.4, 0.5) is 4.39 Å². The molecule has 1 aromatic carbocycles. The summed E-state index contributed by atoms with van der Waals surface area (Å²) < 4.78 is 18.3. The highest BCUT2D eigenvalue weighted by Gasteiger charge is 2.10. The Balaban J connectivity index is 3.13. The average molecular weight is 198 g/mol. The van der Waals surface area contributed by atoms with Crippen LogP contribution in [0.3, 0.4) is 0 Å². The van der Waals surface area contributed by atoms with Gasteiger partial charge >= 0.3 is 0 Å². The van der Waals surface area contributed by atoms with E-state index >= 15 is 0 Å². The van der Waals surface area contributed by atoms with Crippen molar-refractivity contribution in [2.45, 2.75) is 6.61 Å². The molecular weight excluding hydrogens is 187 g/mol. The lowest BCUT2D eigenvalue weighted by molar-refractivity contribution is 0.181. The zero-order chi connectivity index (χ0) is 10.6. The lowest BCUT2D eigenvalue weighted by Gasteiger charge is -2.05. The predicted molar refractivity (Wildman–Crippen MR) is 49.6 cm³/mol. The zero-order valence-corrected chi connectivity index (χ0v) is 7.70. The first-order chi connectivity index (χ1) is 6.70. The third-order valence-electron chi connectivity index (χ3n) is 1.76. The molecule has 0 spiro atoms. The summed E-state index contributed by atoms with van der Waals surface area (Å²) in [7, 11) is 1.47. The van der Waals surface area contributed by atoms with Gasteiger partial charge in [-0.15, -0.1) is 0 Å². The molecule has 0 bridgehead atoms. The number of ether oxygens (including phenoxy) is 1. The monoisotopic (exact) mass is 198 g/mol. The fourth-order valence-electron chi connectivity index (χ4n) is 1.10. The van der Waals surface area contributed by atoms with Crippen LogP contribution >= 0.6 is 0 Å². The first-order valence-corrected chi connectivity index (χ1v) is 3.95. The highest BCUT2D eigenvalue weighted by atomic mass is 19.1. The van der Waals surface area contributed by atoms with Gasteiger partial charge in [0.05, 0.1) is 12.2 Å². The van der Waals surface area contributed by atoms with Crippen LogP contribution in [0.1, 0.15) is 11.1 Å². The molecule has 0 heterocycles. The van der Waals surface area contributed by atoms with Gasteiger partial charge in [0.2, 0.25) is 0 Å². The van der Waals surface area contributed by atoms with Crippen molar-refractivity contribution in [1.82, 2.24) is 0 Å². The minimum Gasteiger partial charge on any atom is -0.409 e. The number of amidine groups is 1. The minimum absolute atomic E-state index is 0.0713. The van der Waals surface area contributed by atoms with Gasteiger partial charge in [0.25, 0.3) is 0 Å². The number of hydrogen-bond donors (Lipinski definition) is 2. The molecule has 0 aliphatic rings. The van der Waals surface area contributed by atoms with E-state index in [2.05, 4.69) is 5.16 Å². The van der Waals surface area contributed by atoms with Gasteiger partial charge in [-0.25, -0.2) is 4.39 Å². The average Bonchev–Trinajstić information content (AvgIpc) is 2.20. The summed E-state index contributed by atoms with van der Waals surface area (Å²) in [6, 6.07) is 4.63. The molecular formula is C9H11FN2O2. The van der Waals surface area contributed by atoms with Gasteiger partial charge in [0.1, 0.15) is 5.82 Å². The quantitative estimate of drug-likeness (QED) is 0.330. The van der Waals surface area contributed by atoms with E-state index < -0.39 is 5.82 Å². The van der Waals surface area contributed by atoms with Crippen LogP contribution in [0.25, 0.3) is 0 Å². The summed E-state index contributed by atoms with van der Waals surface area (Å²) >= 11 is 0. The maximum atomic E-state index is 13.5. The molecule has 14 heavy (non-hydrogen) atoms. The molecule has 1 aromatic rings.